The lowest BCUT2D eigenvalue weighted by atomic mass is 9.89. The minimum Gasteiger partial charge on any atom is -0.497 e. The van der Waals surface area contributed by atoms with Gasteiger partial charge in [-0.25, -0.2) is 8.42 Å². The summed E-state index contributed by atoms with van der Waals surface area (Å²) >= 11 is 0. The van der Waals surface area contributed by atoms with Crippen LogP contribution >= 0.6 is 0 Å². The maximum Gasteiger partial charge on any atom is 0.153 e. The molecule has 5 heteroatoms. The zero-order chi connectivity index (χ0) is 12.6. The molecular weight excluding hydrogens is 240 g/mol. The van der Waals surface area contributed by atoms with Gasteiger partial charge in [-0.05, 0) is 36.1 Å². The van der Waals surface area contributed by atoms with Crippen molar-refractivity contribution in [3.63, 3.8) is 0 Å². The summed E-state index contributed by atoms with van der Waals surface area (Å²) < 4.78 is 28.2. The Kier molecular flexibility index (Phi) is 3.14. The summed E-state index contributed by atoms with van der Waals surface area (Å²) in [6.07, 6.45) is 1.36. The van der Waals surface area contributed by atoms with Crippen LogP contribution in [0, 0.1) is 0 Å². The summed E-state index contributed by atoms with van der Waals surface area (Å²) in [5.74, 6) is 0.636. The van der Waals surface area contributed by atoms with Crippen molar-refractivity contribution in [1.82, 2.24) is 0 Å². The first kappa shape index (κ1) is 12.4. The highest BCUT2D eigenvalue weighted by atomic mass is 32.2. The van der Waals surface area contributed by atoms with Crippen LogP contribution in [0.15, 0.2) is 18.2 Å². The van der Waals surface area contributed by atoms with Crippen LogP contribution in [0.25, 0.3) is 0 Å². The number of ether oxygens (including phenoxy) is 1. The number of aliphatic hydroxyl groups excluding tert-OH is 1. The van der Waals surface area contributed by atoms with Gasteiger partial charge in [-0.15, -0.1) is 0 Å². The van der Waals surface area contributed by atoms with E-state index in [9.17, 15) is 13.5 Å². The van der Waals surface area contributed by atoms with E-state index in [-0.39, 0.29) is 0 Å². The maximum absolute atomic E-state index is 11.6. The van der Waals surface area contributed by atoms with Crippen LogP contribution < -0.4 is 4.74 Å². The lowest BCUT2D eigenvalue weighted by molar-refractivity contribution is 0.159. The van der Waals surface area contributed by atoms with Gasteiger partial charge in [0.1, 0.15) is 5.75 Å². The van der Waals surface area contributed by atoms with Gasteiger partial charge < -0.3 is 9.84 Å². The van der Waals surface area contributed by atoms with E-state index in [1.54, 1.807) is 13.2 Å². The molecule has 17 heavy (non-hydrogen) atoms. The van der Waals surface area contributed by atoms with E-state index < -0.39 is 21.2 Å². The molecule has 0 bridgehead atoms. The second kappa shape index (κ2) is 4.31. The Balaban J connectivity index is 2.43. The van der Waals surface area contributed by atoms with Crippen molar-refractivity contribution in [2.75, 3.05) is 13.4 Å². The molecule has 2 unspecified atom stereocenters. The van der Waals surface area contributed by atoms with Crippen molar-refractivity contribution < 1.29 is 18.3 Å². The lowest BCUT2D eigenvalue weighted by Crippen LogP contribution is -2.32. The molecule has 1 aliphatic rings. The first-order valence-electron chi connectivity index (χ1n) is 5.47. The van der Waals surface area contributed by atoms with Crippen LogP contribution in [-0.2, 0) is 16.3 Å². The average molecular weight is 256 g/mol. The second-order valence-corrected chi connectivity index (χ2v) is 6.68. The molecule has 0 heterocycles. The molecule has 1 aliphatic carbocycles. The first-order chi connectivity index (χ1) is 7.93. The fourth-order valence-corrected chi connectivity index (χ4v) is 3.47. The molecule has 0 spiro atoms. The Morgan fingerprint density at radius 1 is 1.41 bits per heavy atom. The van der Waals surface area contributed by atoms with Gasteiger partial charge in [0.25, 0.3) is 0 Å². The highest BCUT2D eigenvalue weighted by Gasteiger charge is 2.34. The molecule has 0 saturated carbocycles. The zero-order valence-corrected chi connectivity index (χ0v) is 10.7. The Morgan fingerprint density at radius 2 is 2.12 bits per heavy atom. The van der Waals surface area contributed by atoms with Gasteiger partial charge in [-0.1, -0.05) is 6.07 Å². The molecule has 1 aromatic rings. The van der Waals surface area contributed by atoms with Gasteiger partial charge in [0.2, 0.25) is 0 Å². The number of benzene rings is 1. The fourth-order valence-electron chi connectivity index (χ4n) is 2.31. The standard InChI is InChI=1S/C12H16O4S/c1-16-9-5-3-8-4-6-11(17(2,14)15)12(13)10(8)7-9/h3,5,7,11-13H,4,6H2,1-2H3. The molecule has 4 nitrogen and oxygen atoms in total. The predicted molar refractivity (Wildman–Crippen MR) is 64.9 cm³/mol. The molecule has 2 rings (SSSR count). The van der Waals surface area contributed by atoms with Crippen molar-refractivity contribution >= 4 is 9.84 Å². The Hall–Kier alpha value is -1.07. The molecule has 0 amide bonds. The van der Waals surface area contributed by atoms with E-state index in [1.807, 2.05) is 12.1 Å². The molecule has 0 aliphatic heterocycles. The topological polar surface area (TPSA) is 63.6 Å². The fraction of sp³-hybridized carbons (Fsp3) is 0.500. The van der Waals surface area contributed by atoms with Crippen molar-refractivity contribution in [2.24, 2.45) is 0 Å². The molecule has 0 saturated heterocycles. The maximum atomic E-state index is 11.6. The molecule has 1 N–H and O–H groups in total. The minimum atomic E-state index is -3.23. The summed E-state index contributed by atoms with van der Waals surface area (Å²) in [5.41, 5.74) is 1.67. The Bertz CT molecular complexity index is 521. The zero-order valence-electron chi connectivity index (χ0n) is 9.88. The molecule has 94 valence electrons. The summed E-state index contributed by atoms with van der Waals surface area (Å²) in [6.45, 7) is 0. The van der Waals surface area contributed by atoms with Gasteiger partial charge in [0.15, 0.2) is 9.84 Å². The average Bonchev–Trinajstić information content (AvgIpc) is 2.27. The monoisotopic (exact) mass is 256 g/mol. The van der Waals surface area contributed by atoms with E-state index in [0.29, 0.717) is 24.2 Å². The lowest BCUT2D eigenvalue weighted by Gasteiger charge is -2.29. The number of aliphatic hydroxyl groups is 1. The van der Waals surface area contributed by atoms with Crippen molar-refractivity contribution in [3.8, 4) is 5.75 Å². The van der Waals surface area contributed by atoms with Gasteiger partial charge in [0.05, 0.1) is 18.5 Å². The number of sulfone groups is 1. The van der Waals surface area contributed by atoms with Gasteiger partial charge in [-0.2, -0.15) is 0 Å². The molecule has 0 fully saturated rings. The largest absolute Gasteiger partial charge is 0.497 e. The summed E-state index contributed by atoms with van der Waals surface area (Å²) in [4.78, 5) is 0. The number of hydrogen-bond acceptors (Lipinski definition) is 4. The Labute approximate surface area is 101 Å². The molecule has 0 aromatic heterocycles. The molecule has 1 aromatic carbocycles. The van der Waals surface area contributed by atoms with E-state index in [1.165, 1.54) is 6.26 Å². The number of rotatable bonds is 2. The van der Waals surface area contributed by atoms with E-state index in [4.69, 9.17) is 4.74 Å². The second-order valence-electron chi connectivity index (χ2n) is 4.42. The third kappa shape index (κ3) is 2.30. The normalized spacial score (nSPS) is 24.2. The molecule has 2 atom stereocenters. The van der Waals surface area contributed by atoms with Crippen molar-refractivity contribution in [2.45, 2.75) is 24.2 Å². The Morgan fingerprint density at radius 3 is 2.71 bits per heavy atom. The number of methoxy groups -OCH3 is 1. The quantitative estimate of drug-likeness (QED) is 0.860. The highest BCUT2D eigenvalue weighted by Crippen LogP contribution is 2.35. The summed E-state index contributed by atoms with van der Waals surface area (Å²) in [7, 11) is -1.68. The van der Waals surface area contributed by atoms with Crippen LogP contribution in [-0.4, -0.2) is 32.1 Å². The number of hydrogen-bond donors (Lipinski definition) is 1. The van der Waals surface area contributed by atoms with Crippen LogP contribution in [0.1, 0.15) is 23.7 Å². The minimum absolute atomic E-state index is 0.472. The van der Waals surface area contributed by atoms with E-state index in [0.717, 1.165) is 5.56 Å². The van der Waals surface area contributed by atoms with Gasteiger partial charge in [0, 0.05) is 6.26 Å². The highest BCUT2D eigenvalue weighted by molar-refractivity contribution is 7.91. The van der Waals surface area contributed by atoms with Crippen molar-refractivity contribution in [3.05, 3.63) is 29.3 Å². The predicted octanol–water partition coefficient (Wildman–Crippen LogP) is 1.09. The number of fused-ring (bicyclic) bond motifs is 1. The van der Waals surface area contributed by atoms with Crippen LogP contribution in [0.2, 0.25) is 0 Å². The molecular formula is C12H16O4S. The third-order valence-electron chi connectivity index (χ3n) is 3.27. The SMILES string of the molecule is COc1ccc2c(c1)C(O)C(S(C)(=O)=O)CC2. The van der Waals surface area contributed by atoms with Crippen LogP contribution in [0.5, 0.6) is 5.75 Å². The first-order valence-corrected chi connectivity index (χ1v) is 7.42. The van der Waals surface area contributed by atoms with Gasteiger partial charge >= 0.3 is 0 Å². The van der Waals surface area contributed by atoms with Crippen LogP contribution in [0.4, 0.5) is 0 Å². The third-order valence-corrected chi connectivity index (χ3v) is 4.87. The van der Waals surface area contributed by atoms with E-state index in [2.05, 4.69) is 0 Å². The number of aryl methyl sites for hydroxylation is 1. The van der Waals surface area contributed by atoms with Crippen LogP contribution in [0.3, 0.4) is 0 Å². The smallest absolute Gasteiger partial charge is 0.153 e. The van der Waals surface area contributed by atoms with E-state index >= 15 is 0 Å². The van der Waals surface area contributed by atoms with Crippen molar-refractivity contribution in [1.29, 1.82) is 0 Å². The van der Waals surface area contributed by atoms with Gasteiger partial charge in [-0.3, -0.25) is 0 Å². The summed E-state index contributed by atoms with van der Waals surface area (Å²) in [5, 5.41) is 9.44. The molecule has 0 radical (unpaired) electrons. The summed E-state index contributed by atoms with van der Waals surface area (Å²) in [6, 6.07) is 5.43.